The SMILES string of the molecule is Cn1cc(-c2cc(S(C)=O)ccc2Oc2ccc(F)cc2F)cc(F)c1=O. The first-order valence-corrected chi connectivity index (χ1v) is 9.29. The minimum Gasteiger partial charge on any atom is -0.454 e. The largest absolute Gasteiger partial charge is 0.454 e. The molecule has 2 aromatic carbocycles. The van der Waals surface area contributed by atoms with Gasteiger partial charge in [-0.15, -0.1) is 0 Å². The molecule has 27 heavy (non-hydrogen) atoms. The van der Waals surface area contributed by atoms with Crippen molar-refractivity contribution in [1.29, 1.82) is 0 Å². The smallest absolute Gasteiger partial charge is 0.286 e. The Morgan fingerprint density at radius 3 is 2.30 bits per heavy atom. The van der Waals surface area contributed by atoms with Crippen LogP contribution in [0.4, 0.5) is 13.2 Å². The number of pyridine rings is 1. The first kappa shape index (κ1) is 18.9. The molecular formula is C19H14F3NO3S. The molecule has 3 rings (SSSR count). The Hall–Kier alpha value is -2.87. The maximum absolute atomic E-state index is 13.9. The van der Waals surface area contributed by atoms with Crippen LogP contribution in [0, 0.1) is 17.5 Å². The Morgan fingerprint density at radius 2 is 1.67 bits per heavy atom. The van der Waals surface area contributed by atoms with Crippen LogP contribution in [-0.2, 0) is 17.8 Å². The van der Waals surface area contributed by atoms with E-state index in [0.29, 0.717) is 16.5 Å². The highest BCUT2D eigenvalue weighted by Gasteiger charge is 2.15. The fraction of sp³-hybridized carbons (Fsp3) is 0.105. The van der Waals surface area contributed by atoms with Crippen LogP contribution in [0.1, 0.15) is 0 Å². The van der Waals surface area contributed by atoms with Crippen molar-refractivity contribution in [3.8, 4) is 22.6 Å². The minimum atomic E-state index is -1.33. The highest BCUT2D eigenvalue weighted by molar-refractivity contribution is 7.84. The molecule has 0 aliphatic heterocycles. The molecule has 1 aromatic heterocycles. The van der Waals surface area contributed by atoms with E-state index in [-0.39, 0.29) is 17.1 Å². The zero-order chi connectivity index (χ0) is 19.7. The zero-order valence-corrected chi connectivity index (χ0v) is 15.1. The van der Waals surface area contributed by atoms with Gasteiger partial charge in [0.15, 0.2) is 17.4 Å². The molecule has 1 atom stereocenters. The van der Waals surface area contributed by atoms with Gasteiger partial charge in [-0.25, -0.2) is 13.2 Å². The standard InChI is InChI=1S/C19H14F3NO3S/c1-23-10-11(7-16(22)19(23)24)14-9-13(27(2)25)4-6-17(14)26-18-5-3-12(20)8-15(18)21/h3-10H,1-2H3. The van der Waals surface area contributed by atoms with Crippen molar-refractivity contribution in [3.05, 3.63) is 76.5 Å². The number of aromatic nitrogens is 1. The van der Waals surface area contributed by atoms with Gasteiger partial charge in [0.1, 0.15) is 11.6 Å². The van der Waals surface area contributed by atoms with Gasteiger partial charge in [0.25, 0.3) is 5.56 Å². The van der Waals surface area contributed by atoms with E-state index in [1.165, 1.54) is 37.7 Å². The first-order chi connectivity index (χ1) is 12.8. The van der Waals surface area contributed by atoms with E-state index < -0.39 is 33.8 Å². The molecule has 0 aliphatic rings. The number of hydrogen-bond acceptors (Lipinski definition) is 3. The quantitative estimate of drug-likeness (QED) is 0.673. The summed E-state index contributed by atoms with van der Waals surface area (Å²) < 4.78 is 59.4. The van der Waals surface area contributed by atoms with Gasteiger partial charge in [0.05, 0.1) is 0 Å². The van der Waals surface area contributed by atoms with Crippen LogP contribution in [0.2, 0.25) is 0 Å². The molecule has 0 N–H and O–H groups in total. The van der Waals surface area contributed by atoms with Crippen molar-refractivity contribution in [2.24, 2.45) is 7.05 Å². The van der Waals surface area contributed by atoms with Crippen molar-refractivity contribution in [2.45, 2.75) is 4.90 Å². The number of halogens is 3. The molecule has 0 saturated carbocycles. The minimum absolute atomic E-state index is 0.132. The van der Waals surface area contributed by atoms with E-state index in [2.05, 4.69) is 0 Å². The van der Waals surface area contributed by atoms with Crippen molar-refractivity contribution < 1.29 is 22.1 Å². The molecule has 0 radical (unpaired) electrons. The number of nitrogens with zero attached hydrogens (tertiary/aromatic N) is 1. The van der Waals surface area contributed by atoms with Crippen molar-refractivity contribution in [3.63, 3.8) is 0 Å². The second-order valence-corrected chi connectivity index (χ2v) is 7.16. The average molecular weight is 393 g/mol. The molecule has 0 fully saturated rings. The zero-order valence-electron chi connectivity index (χ0n) is 14.3. The van der Waals surface area contributed by atoms with Crippen LogP contribution >= 0.6 is 0 Å². The molecule has 4 nitrogen and oxygen atoms in total. The molecule has 0 saturated heterocycles. The number of ether oxygens (including phenoxy) is 1. The summed E-state index contributed by atoms with van der Waals surface area (Å²) in [5.41, 5.74) is -0.221. The molecule has 1 heterocycles. The number of hydrogen-bond donors (Lipinski definition) is 0. The Balaban J connectivity index is 2.17. The summed E-state index contributed by atoms with van der Waals surface area (Å²) in [5.74, 6) is -2.73. The lowest BCUT2D eigenvalue weighted by Gasteiger charge is -2.14. The lowest BCUT2D eigenvalue weighted by molar-refractivity contribution is 0.438. The van der Waals surface area contributed by atoms with Gasteiger partial charge in [-0.05, 0) is 36.4 Å². The van der Waals surface area contributed by atoms with Crippen LogP contribution in [0.25, 0.3) is 11.1 Å². The highest BCUT2D eigenvalue weighted by Crippen LogP contribution is 2.35. The first-order valence-electron chi connectivity index (χ1n) is 7.73. The second-order valence-electron chi connectivity index (χ2n) is 5.78. The van der Waals surface area contributed by atoms with Gasteiger partial charge in [-0.3, -0.25) is 9.00 Å². The van der Waals surface area contributed by atoms with Gasteiger partial charge < -0.3 is 9.30 Å². The van der Waals surface area contributed by atoms with Crippen LogP contribution in [-0.4, -0.2) is 15.0 Å². The van der Waals surface area contributed by atoms with Crippen LogP contribution in [0.5, 0.6) is 11.5 Å². The number of rotatable bonds is 4. The van der Waals surface area contributed by atoms with Crippen molar-refractivity contribution in [2.75, 3.05) is 6.26 Å². The van der Waals surface area contributed by atoms with Crippen LogP contribution in [0.3, 0.4) is 0 Å². The third-order valence-electron chi connectivity index (χ3n) is 3.85. The number of aryl methyl sites for hydroxylation is 1. The lowest BCUT2D eigenvalue weighted by atomic mass is 10.1. The fourth-order valence-corrected chi connectivity index (χ4v) is 3.04. The molecule has 1 unspecified atom stereocenters. The summed E-state index contributed by atoms with van der Waals surface area (Å²) in [6, 6.07) is 8.35. The summed E-state index contributed by atoms with van der Waals surface area (Å²) in [6.45, 7) is 0. The maximum atomic E-state index is 13.9. The normalized spacial score (nSPS) is 12.0. The monoisotopic (exact) mass is 393 g/mol. The molecule has 0 amide bonds. The summed E-state index contributed by atoms with van der Waals surface area (Å²) in [7, 11) is 0.0540. The third-order valence-corrected chi connectivity index (χ3v) is 4.77. The van der Waals surface area contributed by atoms with Gasteiger partial charge >= 0.3 is 0 Å². The van der Waals surface area contributed by atoms with Gasteiger partial charge in [0, 0.05) is 52.4 Å². The Morgan fingerprint density at radius 1 is 0.963 bits per heavy atom. The molecule has 140 valence electrons. The molecule has 0 aliphatic carbocycles. The number of benzene rings is 2. The third kappa shape index (κ3) is 3.95. The molecule has 8 heteroatoms. The summed E-state index contributed by atoms with van der Waals surface area (Å²) in [6.07, 6.45) is 2.86. The molecule has 0 spiro atoms. The van der Waals surface area contributed by atoms with E-state index >= 15 is 0 Å². The van der Waals surface area contributed by atoms with Crippen LogP contribution in [0.15, 0.2) is 58.4 Å². The van der Waals surface area contributed by atoms with Crippen molar-refractivity contribution >= 4 is 10.8 Å². The molecular weight excluding hydrogens is 379 g/mol. The average Bonchev–Trinajstić information content (AvgIpc) is 2.61. The molecule has 0 bridgehead atoms. The Labute approximate surface area is 155 Å². The predicted octanol–water partition coefficient (Wildman–Crippen LogP) is 4.00. The van der Waals surface area contributed by atoms with Gasteiger partial charge in [0.2, 0.25) is 0 Å². The van der Waals surface area contributed by atoms with E-state index in [1.807, 2.05) is 0 Å². The van der Waals surface area contributed by atoms with Gasteiger partial charge in [-0.1, -0.05) is 0 Å². The molecule has 3 aromatic rings. The summed E-state index contributed by atoms with van der Waals surface area (Å²) in [4.78, 5) is 12.0. The summed E-state index contributed by atoms with van der Waals surface area (Å²) in [5, 5.41) is 0. The predicted molar refractivity (Wildman–Crippen MR) is 95.8 cm³/mol. The Kier molecular flexibility index (Phi) is 5.18. The van der Waals surface area contributed by atoms with Gasteiger partial charge in [-0.2, -0.15) is 0 Å². The maximum Gasteiger partial charge on any atom is 0.286 e. The highest BCUT2D eigenvalue weighted by atomic mass is 32.2. The van der Waals surface area contributed by atoms with Crippen LogP contribution < -0.4 is 10.3 Å². The van der Waals surface area contributed by atoms with Crippen molar-refractivity contribution in [1.82, 2.24) is 4.57 Å². The Bertz CT molecular complexity index is 1090. The van der Waals surface area contributed by atoms with E-state index in [9.17, 15) is 22.2 Å². The second kappa shape index (κ2) is 7.40. The van der Waals surface area contributed by atoms with E-state index in [4.69, 9.17) is 4.74 Å². The van der Waals surface area contributed by atoms with E-state index in [1.54, 1.807) is 0 Å². The summed E-state index contributed by atoms with van der Waals surface area (Å²) >= 11 is 0. The topological polar surface area (TPSA) is 48.3 Å². The lowest BCUT2D eigenvalue weighted by Crippen LogP contribution is -2.19. The van der Waals surface area contributed by atoms with E-state index in [0.717, 1.165) is 22.8 Å². The fourth-order valence-electron chi connectivity index (χ4n) is 2.50.